The first kappa shape index (κ1) is 23.8. The number of nitrogens with zero attached hydrogens (tertiary/aromatic N) is 4. The van der Waals surface area contributed by atoms with E-state index in [0.717, 1.165) is 21.7 Å². The van der Waals surface area contributed by atoms with Gasteiger partial charge in [0.05, 0.1) is 17.9 Å². The van der Waals surface area contributed by atoms with E-state index < -0.39 is 29.3 Å². The van der Waals surface area contributed by atoms with E-state index >= 15 is 0 Å². The summed E-state index contributed by atoms with van der Waals surface area (Å²) in [7, 11) is 0. The van der Waals surface area contributed by atoms with Crippen LogP contribution in [0.3, 0.4) is 0 Å². The van der Waals surface area contributed by atoms with Crippen LogP contribution in [-0.4, -0.2) is 56.6 Å². The molecule has 9 nitrogen and oxygen atoms in total. The van der Waals surface area contributed by atoms with Crippen molar-refractivity contribution in [2.24, 2.45) is 0 Å². The zero-order valence-corrected chi connectivity index (χ0v) is 21.2. The number of ether oxygens (including phenoxy) is 1. The van der Waals surface area contributed by atoms with Gasteiger partial charge in [-0.3, -0.25) is 9.59 Å². The number of hydrogen-bond acceptors (Lipinski definition) is 6. The highest BCUT2D eigenvalue weighted by atomic mass is 35.5. The first-order chi connectivity index (χ1) is 17.7. The molecule has 0 bridgehead atoms. The molecule has 3 saturated heterocycles. The van der Waals surface area contributed by atoms with E-state index in [9.17, 15) is 14.4 Å². The van der Waals surface area contributed by atoms with Crippen LogP contribution in [0.2, 0.25) is 10.0 Å². The summed E-state index contributed by atoms with van der Waals surface area (Å²) in [5.74, 6) is -0.700. The number of urea groups is 1. The van der Waals surface area contributed by atoms with Gasteiger partial charge in [0.25, 0.3) is 11.8 Å². The van der Waals surface area contributed by atoms with Crippen LogP contribution >= 0.6 is 23.2 Å². The van der Waals surface area contributed by atoms with Gasteiger partial charge < -0.3 is 15.0 Å². The van der Waals surface area contributed by atoms with E-state index in [2.05, 4.69) is 15.3 Å². The average Bonchev–Trinajstić information content (AvgIpc) is 3.39. The van der Waals surface area contributed by atoms with Gasteiger partial charge in [0, 0.05) is 34.6 Å². The van der Waals surface area contributed by atoms with Crippen molar-refractivity contribution in [2.45, 2.75) is 37.1 Å². The van der Waals surface area contributed by atoms with Gasteiger partial charge in [-0.1, -0.05) is 47.5 Å². The van der Waals surface area contributed by atoms with Crippen LogP contribution in [-0.2, 0) is 20.7 Å². The number of imide groups is 1. The predicted octanol–water partition coefficient (Wildman–Crippen LogP) is 3.84. The molecule has 0 aliphatic carbocycles. The molecule has 1 spiro atoms. The number of amides is 4. The summed E-state index contributed by atoms with van der Waals surface area (Å²) in [4.78, 5) is 51.0. The Morgan fingerprint density at radius 3 is 2.43 bits per heavy atom. The van der Waals surface area contributed by atoms with E-state index in [4.69, 9.17) is 27.9 Å². The first-order valence-electron chi connectivity index (χ1n) is 11.7. The van der Waals surface area contributed by atoms with Crippen LogP contribution in [0.15, 0.2) is 61.1 Å². The van der Waals surface area contributed by atoms with Gasteiger partial charge in [0.1, 0.15) is 18.0 Å². The largest absolute Gasteiger partial charge is 0.341 e. The quantitative estimate of drug-likeness (QED) is 0.507. The zero-order valence-electron chi connectivity index (χ0n) is 19.6. The van der Waals surface area contributed by atoms with Crippen molar-refractivity contribution in [3.05, 3.63) is 76.7 Å². The number of carbonyl (C=O) groups is 3. The molecule has 3 atom stereocenters. The maximum Gasteiger partial charge on any atom is 0.332 e. The highest BCUT2D eigenvalue weighted by molar-refractivity contribution is 6.35. The minimum atomic E-state index is -1.28. The Balaban J connectivity index is 1.39. The third-order valence-electron chi connectivity index (χ3n) is 7.09. The van der Waals surface area contributed by atoms with E-state index in [0.29, 0.717) is 15.7 Å². The van der Waals surface area contributed by atoms with Crippen LogP contribution < -0.4 is 10.2 Å². The van der Waals surface area contributed by atoms with Crippen molar-refractivity contribution in [3.8, 4) is 11.3 Å². The molecule has 0 unspecified atom stereocenters. The lowest BCUT2D eigenvalue weighted by molar-refractivity contribution is -0.124. The molecule has 3 aliphatic heterocycles. The predicted molar refractivity (Wildman–Crippen MR) is 136 cm³/mol. The fraction of sp³-hybridized carbons (Fsp3) is 0.269. The van der Waals surface area contributed by atoms with Crippen molar-refractivity contribution in [3.63, 3.8) is 0 Å². The Labute approximate surface area is 222 Å². The topological polar surface area (TPSA) is 105 Å². The summed E-state index contributed by atoms with van der Waals surface area (Å²) in [5, 5.41) is 3.49. The van der Waals surface area contributed by atoms with E-state index in [-0.39, 0.29) is 25.3 Å². The summed E-state index contributed by atoms with van der Waals surface area (Å²) < 4.78 is 5.99. The molecule has 1 N–H and O–H groups in total. The molecule has 0 saturated carbocycles. The van der Waals surface area contributed by atoms with Gasteiger partial charge in [-0.15, -0.1) is 0 Å². The molecule has 188 valence electrons. The Morgan fingerprint density at radius 1 is 1.08 bits per heavy atom. The summed E-state index contributed by atoms with van der Waals surface area (Å²) in [6, 6.07) is 13.5. The molecule has 3 aromatic rings. The molecule has 3 aliphatic rings. The van der Waals surface area contributed by atoms with Crippen LogP contribution in [0.5, 0.6) is 0 Å². The SMILES string of the molecule is C[C@H]1O[C@]2(CN3C(=O)N(c4cc(Cl)cc(Cl)c4)C(=O)[C@]3(Cc3ccc(-c4ccncn4)cc3)C2)NC1=O. The van der Waals surface area contributed by atoms with Gasteiger partial charge in [-0.25, -0.2) is 19.7 Å². The normalized spacial score (nSPS) is 26.8. The molecule has 6 rings (SSSR count). The molecule has 0 radical (unpaired) electrons. The molecule has 37 heavy (non-hydrogen) atoms. The maximum atomic E-state index is 14.1. The third-order valence-corrected chi connectivity index (χ3v) is 7.52. The highest BCUT2D eigenvalue weighted by Gasteiger charge is 2.68. The van der Waals surface area contributed by atoms with Gasteiger partial charge in [-0.2, -0.15) is 0 Å². The Kier molecular flexibility index (Phi) is 5.48. The molecule has 1 aromatic heterocycles. The number of nitrogens with one attached hydrogen (secondary N) is 1. The van der Waals surface area contributed by atoms with Crippen LogP contribution in [0.1, 0.15) is 18.9 Å². The highest BCUT2D eigenvalue weighted by Crippen LogP contribution is 2.48. The fourth-order valence-electron chi connectivity index (χ4n) is 5.52. The maximum absolute atomic E-state index is 14.1. The minimum absolute atomic E-state index is 0.0392. The van der Waals surface area contributed by atoms with Gasteiger partial charge in [-0.05, 0) is 36.8 Å². The number of rotatable bonds is 4. The number of fused-ring (bicyclic) bond motifs is 1. The zero-order chi connectivity index (χ0) is 25.9. The second-order valence-electron chi connectivity index (χ2n) is 9.56. The summed E-state index contributed by atoms with van der Waals surface area (Å²) in [5.41, 5.74) is 0.380. The molecule has 3 fully saturated rings. The number of benzene rings is 2. The fourth-order valence-corrected chi connectivity index (χ4v) is 6.03. The molecular formula is C26H21Cl2N5O4. The second-order valence-corrected chi connectivity index (χ2v) is 10.4. The van der Waals surface area contributed by atoms with Gasteiger partial charge in [0.15, 0.2) is 5.72 Å². The minimum Gasteiger partial charge on any atom is -0.341 e. The number of hydrogen-bond donors (Lipinski definition) is 1. The number of halogens is 2. The van der Waals surface area contributed by atoms with E-state index in [1.165, 1.54) is 29.4 Å². The number of carbonyl (C=O) groups excluding carboxylic acids is 3. The third kappa shape index (κ3) is 3.85. The lowest BCUT2D eigenvalue weighted by atomic mass is 9.85. The summed E-state index contributed by atoms with van der Waals surface area (Å²) in [6.07, 6.45) is 2.80. The molecule has 2 aromatic carbocycles. The lowest BCUT2D eigenvalue weighted by Crippen LogP contribution is -2.49. The van der Waals surface area contributed by atoms with Crippen molar-refractivity contribution >= 4 is 46.7 Å². The summed E-state index contributed by atoms with van der Waals surface area (Å²) in [6.45, 7) is 1.69. The van der Waals surface area contributed by atoms with E-state index in [1.54, 1.807) is 13.1 Å². The molecule has 4 amide bonds. The first-order valence-corrected chi connectivity index (χ1v) is 12.4. The number of aromatic nitrogens is 2. The van der Waals surface area contributed by atoms with Crippen molar-refractivity contribution in [1.29, 1.82) is 0 Å². The van der Waals surface area contributed by atoms with Crippen LogP contribution in [0.25, 0.3) is 11.3 Å². The average molecular weight is 538 g/mol. The van der Waals surface area contributed by atoms with Crippen LogP contribution in [0.4, 0.5) is 10.5 Å². The molecular weight excluding hydrogens is 517 g/mol. The van der Waals surface area contributed by atoms with Gasteiger partial charge >= 0.3 is 6.03 Å². The summed E-state index contributed by atoms with van der Waals surface area (Å²) >= 11 is 12.4. The van der Waals surface area contributed by atoms with Crippen molar-refractivity contribution < 1.29 is 19.1 Å². The van der Waals surface area contributed by atoms with Crippen molar-refractivity contribution in [2.75, 3.05) is 11.4 Å². The standard InChI is InChI=1S/C26H21Cl2N5O4/c1-15-22(34)31-26(37-15)12-25(11-16-2-4-17(5-3-16)21-6-7-29-14-30-21)23(35)33(24(36)32(25)13-26)20-9-18(27)8-19(28)10-20/h2-10,14-15H,11-13H2,1H3,(H,31,34)/t15-,25+,26-/m1/s1. The molecule has 4 heterocycles. The Hall–Kier alpha value is -3.53. The lowest BCUT2D eigenvalue weighted by Gasteiger charge is -2.29. The van der Waals surface area contributed by atoms with E-state index in [1.807, 2.05) is 30.3 Å². The Bertz CT molecular complexity index is 1420. The van der Waals surface area contributed by atoms with Crippen LogP contribution in [0, 0.1) is 0 Å². The second kappa shape index (κ2) is 8.51. The Morgan fingerprint density at radius 2 is 1.81 bits per heavy atom. The van der Waals surface area contributed by atoms with Gasteiger partial charge in [0.2, 0.25) is 0 Å². The smallest absolute Gasteiger partial charge is 0.332 e. The van der Waals surface area contributed by atoms with Crippen molar-refractivity contribution in [1.82, 2.24) is 20.2 Å². The molecule has 11 heteroatoms. The number of anilines is 1. The monoisotopic (exact) mass is 537 g/mol.